The number of hydrogen-bond donors (Lipinski definition) is 1. The summed E-state index contributed by atoms with van der Waals surface area (Å²) in [6.07, 6.45) is 8.62. The summed E-state index contributed by atoms with van der Waals surface area (Å²) in [5.41, 5.74) is 3.62. The highest BCUT2D eigenvalue weighted by Gasteiger charge is 2.24. The molecule has 0 aliphatic heterocycles. The van der Waals surface area contributed by atoms with E-state index in [0.29, 0.717) is 0 Å². The maximum absolute atomic E-state index is 12.2. The summed E-state index contributed by atoms with van der Waals surface area (Å²) in [6, 6.07) is 8.43. The number of carbonyl (C=O) groups excluding carboxylic acids is 1. The third-order valence-electron chi connectivity index (χ3n) is 3.58. The Morgan fingerprint density at radius 3 is 2.79 bits per heavy atom. The summed E-state index contributed by atoms with van der Waals surface area (Å²) in [7, 11) is 0. The molecule has 0 saturated carbocycles. The molecule has 1 aliphatic carbocycles. The molecule has 1 aliphatic rings. The number of amides is 1. The Bertz CT molecular complexity index is 514. The van der Waals surface area contributed by atoms with Gasteiger partial charge in [-0.25, -0.2) is 0 Å². The fourth-order valence-electron chi connectivity index (χ4n) is 2.50. The normalized spacial score (nSPS) is 19.3. The standard InChI is InChI=1S/C17H21NO/c1-3-4-7-13(2)18-17(19)16-11-10-14-8-5-6-9-15(14)12-16/h3-9,16H,10-12H2,1-2H3,(H,18,19)/b4-3-,13-7+. The van der Waals surface area contributed by atoms with Crippen LogP contribution in [0.1, 0.15) is 31.4 Å². The van der Waals surface area contributed by atoms with E-state index in [1.54, 1.807) is 0 Å². The number of nitrogens with one attached hydrogen (secondary N) is 1. The van der Waals surface area contributed by atoms with Crippen LogP contribution in [0.3, 0.4) is 0 Å². The zero-order valence-electron chi connectivity index (χ0n) is 11.6. The summed E-state index contributed by atoms with van der Waals surface area (Å²) in [6.45, 7) is 3.89. The second-order valence-electron chi connectivity index (χ2n) is 5.07. The first-order valence-electron chi connectivity index (χ1n) is 6.88. The zero-order chi connectivity index (χ0) is 13.7. The maximum atomic E-state index is 12.2. The van der Waals surface area contributed by atoms with Gasteiger partial charge in [-0.2, -0.15) is 0 Å². The van der Waals surface area contributed by atoms with Gasteiger partial charge in [0.25, 0.3) is 0 Å². The highest BCUT2D eigenvalue weighted by Crippen LogP contribution is 2.25. The molecule has 2 nitrogen and oxygen atoms in total. The van der Waals surface area contributed by atoms with E-state index in [4.69, 9.17) is 0 Å². The van der Waals surface area contributed by atoms with E-state index < -0.39 is 0 Å². The average molecular weight is 255 g/mol. The predicted octanol–water partition coefficient (Wildman–Crippen LogP) is 3.39. The molecule has 0 heterocycles. The van der Waals surface area contributed by atoms with Crippen LogP contribution in [0.5, 0.6) is 0 Å². The third-order valence-corrected chi connectivity index (χ3v) is 3.58. The molecule has 0 saturated heterocycles. The van der Waals surface area contributed by atoms with Crippen molar-refractivity contribution in [2.45, 2.75) is 33.1 Å². The molecule has 0 aromatic heterocycles. The molecule has 100 valence electrons. The Hall–Kier alpha value is -1.83. The number of aryl methyl sites for hydroxylation is 1. The van der Waals surface area contributed by atoms with Crippen LogP contribution in [-0.4, -0.2) is 5.91 Å². The van der Waals surface area contributed by atoms with Crippen molar-refractivity contribution in [1.82, 2.24) is 5.32 Å². The lowest BCUT2D eigenvalue weighted by Gasteiger charge is -2.23. The number of carbonyl (C=O) groups is 1. The van der Waals surface area contributed by atoms with Crippen LogP contribution in [0.15, 0.2) is 48.2 Å². The molecule has 0 bridgehead atoms. The van der Waals surface area contributed by atoms with Gasteiger partial charge in [0.1, 0.15) is 0 Å². The first kappa shape index (κ1) is 13.6. The summed E-state index contributed by atoms with van der Waals surface area (Å²) < 4.78 is 0. The summed E-state index contributed by atoms with van der Waals surface area (Å²) in [4.78, 5) is 12.2. The van der Waals surface area contributed by atoms with Gasteiger partial charge in [-0.15, -0.1) is 0 Å². The molecule has 1 amide bonds. The molecule has 1 aromatic carbocycles. The van der Waals surface area contributed by atoms with E-state index in [-0.39, 0.29) is 11.8 Å². The number of allylic oxidation sites excluding steroid dienone is 4. The van der Waals surface area contributed by atoms with E-state index in [1.165, 1.54) is 11.1 Å². The molecule has 1 atom stereocenters. The van der Waals surface area contributed by atoms with Gasteiger partial charge in [-0.3, -0.25) is 4.79 Å². The smallest absolute Gasteiger partial charge is 0.227 e. The van der Waals surface area contributed by atoms with Gasteiger partial charge in [-0.1, -0.05) is 36.4 Å². The molecule has 2 rings (SSSR count). The molecule has 2 heteroatoms. The number of rotatable bonds is 3. The zero-order valence-corrected chi connectivity index (χ0v) is 11.6. The van der Waals surface area contributed by atoms with Crippen molar-refractivity contribution in [2.24, 2.45) is 5.92 Å². The summed E-state index contributed by atoms with van der Waals surface area (Å²) in [5, 5.41) is 2.99. The Morgan fingerprint density at radius 1 is 1.32 bits per heavy atom. The molecule has 0 spiro atoms. The molecule has 0 fully saturated rings. The quantitative estimate of drug-likeness (QED) is 0.824. The Morgan fingerprint density at radius 2 is 2.05 bits per heavy atom. The van der Waals surface area contributed by atoms with E-state index in [1.807, 2.05) is 32.1 Å². The van der Waals surface area contributed by atoms with Crippen LogP contribution in [0, 0.1) is 5.92 Å². The lowest BCUT2D eigenvalue weighted by Crippen LogP contribution is -2.33. The van der Waals surface area contributed by atoms with Crippen LogP contribution < -0.4 is 5.32 Å². The minimum atomic E-state index is 0.101. The van der Waals surface area contributed by atoms with E-state index in [2.05, 4.69) is 29.6 Å². The van der Waals surface area contributed by atoms with Crippen molar-refractivity contribution in [3.05, 3.63) is 59.3 Å². The summed E-state index contributed by atoms with van der Waals surface area (Å²) in [5.74, 6) is 0.247. The van der Waals surface area contributed by atoms with Gasteiger partial charge >= 0.3 is 0 Å². The fourth-order valence-corrected chi connectivity index (χ4v) is 2.50. The van der Waals surface area contributed by atoms with Crippen molar-refractivity contribution in [1.29, 1.82) is 0 Å². The van der Waals surface area contributed by atoms with Crippen LogP contribution >= 0.6 is 0 Å². The number of fused-ring (bicyclic) bond motifs is 1. The Balaban J connectivity index is 1.99. The minimum absolute atomic E-state index is 0.101. The van der Waals surface area contributed by atoms with Crippen molar-refractivity contribution in [2.75, 3.05) is 0 Å². The molecule has 1 N–H and O–H groups in total. The minimum Gasteiger partial charge on any atom is -0.330 e. The van der Waals surface area contributed by atoms with Crippen molar-refractivity contribution >= 4 is 5.91 Å². The van der Waals surface area contributed by atoms with Gasteiger partial charge in [0.15, 0.2) is 0 Å². The third kappa shape index (κ3) is 3.57. The molecule has 0 radical (unpaired) electrons. The van der Waals surface area contributed by atoms with Crippen LogP contribution in [0.2, 0.25) is 0 Å². The van der Waals surface area contributed by atoms with E-state index in [9.17, 15) is 4.79 Å². The molecule has 19 heavy (non-hydrogen) atoms. The van der Waals surface area contributed by atoms with Crippen molar-refractivity contribution in [3.8, 4) is 0 Å². The van der Waals surface area contributed by atoms with Gasteiger partial charge in [0.2, 0.25) is 5.91 Å². The highest BCUT2D eigenvalue weighted by atomic mass is 16.1. The van der Waals surface area contributed by atoms with E-state index in [0.717, 1.165) is 25.0 Å². The predicted molar refractivity (Wildman–Crippen MR) is 78.7 cm³/mol. The second-order valence-corrected chi connectivity index (χ2v) is 5.07. The van der Waals surface area contributed by atoms with E-state index >= 15 is 0 Å². The van der Waals surface area contributed by atoms with Crippen LogP contribution in [-0.2, 0) is 17.6 Å². The summed E-state index contributed by atoms with van der Waals surface area (Å²) >= 11 is 0. The molecule has 1 unspecified atom stereocenters. The van der Waals surface area contributed by atoms with Crippen LogP contribution in [0.4, 0.5) is 0 Å². The average Bonchev–Trinajstić information content (AvgIpc) is 2.44. The van der Waals surface area contributed by atoms with Crippen molar-refractivity contribution < 1.29 is 4.79 Å². The number of hydrogen-bond acceptors (Lipinski definition) is 1. The van der Waals surface area contributed by atoms with Crippen molar-refractivity contribution in [3.63, 3.8) is 0 Å². The Kier molecular flexibility index (Phi) is 4.56. The lowest BCUT2D eigenvalue weighted by molar-refractivity contribution is -0.124. The topological polar surface area (TPSA) is 29.1 Å². The van der Waals surface area contributed by atoms with Gasteiger partial charge < -0.3 is 5.32 Å². The number of benzene rings is 1. The first-order chi connectivity index (χ1) is 9.20. The molecule has 1 aromatic rings. The largest absolute Gasteiger partial charge is 0.330 e. The van der Waals surface area contributed by atoms with Crippen LogP contribution in [0.25, 0.3) is 0 Å². The first-order valence-corrected chi connectivity index (χ1v) is 6.88. The lowest BCUT2D eigenvalue weighted by atomic mass is 9.83. The second kappa shape index (κ2) is 6.37. The Labute approximate surface area is 115 Å². The highest BCUT2D eigenvalue weighted by molar-refractivity contribution is 5.81. The fraction of sp³-hybridized carbons (Fsp3) is 0.353. The molecular weight excluding hydrogens is 234 g/mol. The van der Waals surface area contributed by atoms with Gasteiger partial charge in [0.05, 0.1) is 0 Å². The SMILES string of the molecule is C/C=C\C=C(/C)NC(=O)C1CCc2ccccc2C1. The van der Waals surface area contributed by atoms with Gasteiger partial charge in [-0.05, 0) is 50.3 Å². The van der Waals surface area contributed by atoms with Gasteiger partial charge in [0, 0.05) is 11.6 Å². The maximum Gasteiger partial charge on any atom is 0.227 e. The monoisotopic (exact) mass is 255 g/mol. The molecular formula is C17H21NO.